The van der Waals surface area contributed by atoms with E-state index in [-0.39, 0.29) is 0 Å². The number of hydrogen-bond donors (Lipinski definition) is 0. The Morgan fingerprint density at radius 1 is 0.343 bits per heavy atom. The molecule has 0 saturated heterocycles. The van der Waals surface area contributed by atoms with E-state index in [0.29, 0.717) is 0 Å². The number of aryl methyl sites for hydroxylation is 1. The molecule has 14 rings (SSSR count). The highest BCUT2D eigenvalue weighted by atomic mass is 32.1. The maximum atomic E-state index is 2.44. The molecule has 0 bridgehead atoms. The zero-order valence-electron chi connectivity index (χ0n) is 38.2. The van der Waals surface area contributed by atoms with Crippen LogP contribution in [0.25, 0.3) is 90.9 Å². The maximum absolute atomic E-state index is 2.44. The molecular weight excluding hydrogens is 885 g/mol. The first-order chi connectivity index (χ1) is 34.7. The number of anilines is 6. The Labute approximate surface area is 414 Å². The van der Waals surface area contributed by atoms with Crippen molar-refractivity contribution < 1.29 is 0 Å². The molecule has 2 nitrogen and oxygen atoms in total. The predicted molar refractivity (Wildman–Crippen MR) is 305 cm³/mol. The minimum Gasteiger partial charge on any atom is -0.310 e. The van der Waals surface area contributed by atoms with Gasteiger partial charge >= 0.3 is 0 Å². The van der Waals surface area contributed by atoms with Crippen LogP contribution in [0, 0.1) is 0 Å². The number of allylic oxidation sites excluding steroid dienone is 1. The summed E-state index contributed by atoms with van der Waals surface area (Å²) in [5.41, 5.74) is 13.1. The van der Waals surface area contributed by atoms with E-state index in [1.165, 1.54) is 101 Å². The molecule has 0 amide bonds. The summed E-state index contributed by atoms with van der Waals surface area (Å²) < 4.78 is 3.93. The molecule has 11 aromatic carbocycles. The van der Waals surface area contributed by atoms with Gasteiger partial charge in [0.15, 0.2) is 0 Å². The molecule has 1 aliphatic carbocycles. The highest BCUT2D eigenvalue weighted by molar-refractivity contribution is 7.25. The predicted octanol–water partition coefficient (Wildman–Crippen LogP) is 20.0. The fraction of sp³-hybridized carbons (Fsp3) is 0.0303. The molecule has 330 valence electrons. The average molecular weight is 929 g/mol. The van der Waals surface area contributed by atoms with Crippen LogP contribution < -0.4 is 9.80 Å². The Morgan fingerprint density at radius 3 is 1.43 bits per heavy atom. The average Bonchev–Trinajstić information content (AvgIpc) is 3.99. The molecule has 13 aromatic rings. The first-order valence-electron chi connectivity index (χ1n) is 24.1. The Kier molecular flexibility index (Phi) is 9.75. The standard InChI is InChI=1S/C66H44N2S2/c1-3-19-52-43(13-1)15-11-25-60(52)67(50-37-39-58-56-21-5-7-27-62(56)69-64(58)41-50)48-33-29-45(30-34-48)54-23-9-17-47-18-10-24-55(66(47)54)46-31-35-49(36-32-46)68(61-26-12-16-44-14-2-4-20-53(44)61)51-38-40-59-57-22-6-8-28-63(57)70-65(59)42-51/h1-5,7-21,23-42H,6,22H2. The third kappa shape index (κ3) is 6.82. The van der Waals surface area contributed by atoms with Crippen LogP contribution >= 0.6 is 22.7 Å². The molecule has 0 aliphatic heterocycles. The van der Waals surface area contributed by atoms with Crippen molar-refractivity contribution in [1.29, 1.82) is 0 Å². The molecule has 0 atom stereocenters. The molecule has 0 saturated carbocycles. The van der Waals surface area contributed by atoms with Gasteiger partial charge in [-0.25, -0.2) is 0 Å². The third-order valence-corrected chi connectivity index (χ3v) is 16.6. The topological polar surface area (TPSA) is 6.48 Å². The zero-order chi connectivity index (χ0) is 46.1. The van der Waals surface area contributed by atoms with Gasteiger partial charge in [-0.3, -0.25) is 0 Å². The Morgan fingerprint density at radius 2 is 0.814 bits per heavy atom. The minimum absolute atomic E-state index is 1.11. The summed E-state index contributed by atoms with van der Waals surface area (Å²) in [5.74, 6) is 0. The lowest BCUT2D eigenvalue weighted by atomic mass is 9.91. The van der Waals surface area contributed by atoms with Gasteiger partial charge in [-0.15, -0.1) is 22.7 Å². The Hall–Kier alpha value is -8.28. The molecule has 0 unspecified atom stereocenters. The van der Waals surface area contributed by atoms with Crippen LogP contribution in [0.3, 0.4) is 0 Å². The highest BCUT2D eigenvalue weighted by Crippen LogP contribution is 2.46. The van der Waals surface area contributed by atoms with Gasteiger partial charge in [0.25, 0.3) is 0 Å². The molecular formula is C66H44N2S2. The maximum Gasteiger partial charge on any atom is 0.0540 e. The van der Waals surface area contributed by atoms with Crippen molar-refractivity contribution in [2.45, 2.75) is 12.8 Å². The second kappa shape index (κ2) is 16.7. The van der Waals surface area contributed by atoms with E-state index in [0.717, 1.165) is 41.3 Å². The summed E-state index contributed by atoms with van der Waals surface area (Å²) in [6.45, 7) is 0. The molecule has 2 aromatic heterocycles. The minimum atomic E-state index is 1.11. The summed E-state index contributed by atoms with van der Waals surface area (Å²) in [5, 5.41) is 11.4. The lowest BCUT2D eigenvalue weighted by Crippen LogP contribution is -2.10. The van der Waals surface area contributed by atoms with Gasteiger partial charge in [-0.05, 0) is 140 Å². The van der Waals surface area contributed by atoms with Gasteiger partial charge < -0.3 is 9.80 Å². The molecule has 70 heavy (non-hydrogen) atoms. The smallest absolute Gasteiger partial charge is 0.0540 e. The summed E-state index contributed by atoms with van der Waals surface area (Å²) in [7, 11) is 0. The van der Waals surface area contributed by atoms with Crippen LogP contribution in [0.15, 0.2) is 237 Å². The normalized spacial score (nSPS) is 12.4. The lowest BCUT2D eigenvalue weighted by Gasteiger charge is -2.27. The quantitative estimate of drug-likeness (QED) is 0.150. The number of thiophene rings is 2. The van der Waals surface area contributed by atoms with Crippen molar-refractivity contribution >= 4 is 125 Å². The van der Waals surface area contributed by atoms with Crippen molar-refractivity contribution in [3.63, 3.8) is 0 Å². The number of benzene rings is 11. The number of hydrogen-bond acceptors (Lipinski definition) is 4. The molecule has 0 N–H and O–H groups in total. The first-order valence-corrected chi connectivity index (χ1v) is 25.8. The van der Waals surface area contributed by atoms with E-state index in [1.807, 2.05) is 22.7 Å². The van der Waals surface area contributed by atoms with E-state index in [1.54, 1.807) is 0 Å². The fourth-order valence-corrected chi connectivity index (χ4v) is 13.4. The van der Waals surface area contributed by atoms with Gasteiger partial charge in [-0.2, -0.15) is 0 Å². The number of fused-ring (bicyclic) bond motifs is 9. The molecule has 0 spiro atoms. The molecule has 1 aliphatic rings. The first kappa shape index (κ1) is 40.8. The SMILES string of the molecule is C1=Cc2sc3cc(N(c4ccc(-c5cccc6cccc(-c7ccc(N(c8ccc9c(c8)sc8ccccc89)c8cccc9ccccc89)cc7)c56)cc4)c4cccc5ccccc45)ccc3c2CC1. The number of rotatable bonds is 8. The van der Waals surface area contributed by atoms with Crippen LogP contribution in [0.4, 0.5) is 34.1 Å². The van der Waals surface area contributed by atoms with Crippen LogP contribution in [-0.4, -0.2) is 0 Å². The van der Waals surface area contributed by atoms with Crippen LogP contribution in [-0.2, 0) is 6.42 Å². The summed E-state index contributed by atoms with van der Waals surface area (Å²) in [6.07, 6.45) is 6.84. The Balaban J connectivity index is 0.862. The van der Waals surface area contributed by atoms with Gasteiger partial charge in [-0.1, -0.05) is 170 Å². The molecule has 0 fully saturated rings. The van der Waals surface area contributed by atoms with Gasteiger partial charge in [0, 0.05) is 63.3 Å². The monoisotopic (exact) mass is 928 g/mol. The molecule has 0 radical (unpaired) electrons. The van der Waals surface area contributed by atoms with Crippen LogP contribution in [0.2, 0.25) is 0 Å². The van der Waals surface area contributed by atoms with E-state index in [9.17, 15) is 0 Å². The molecule has 2 heterocycles. The van der Waals surface area contributed by atoms with E-state index in [4.69, 9.17) is 0 Å². The third-order valence-electron chi connectivity index (χ3n) is 14.3. The second-order valence-electron chi connectivity index (χ2n) is 18.3. The lowest BCUT2D eigenvalue weighted by molar-refractivity contribution is 1.01. The second-order valence-corrected chi connectivity index (χ2v) is 20.5. The summed E-state index contributed by atoms with van der Waals surface area (Å²) in [4.78, 5) is 6.27. The van der Waals surface area contributed by atoms with E-state index in [2.05, 4.69) is 252 Å². The van der Waals surface area contributed by atoms with Gasteiger partial charge in [0.05, 0.1) is 11.4 Å². The summed E-state index contributed by atoms with van der Waals surface area (Å²) >= 11 is 3.77. The van der Waals surface area contributed by atoms with Crippen molar-refractivity contribution in [2.75, 3.05) is 9.80 Å². The van der Waals surface area contributed by atoms with E-state index < -0.39 is 0 Å². The zero-order valence-corrected chi connectivity index (χ0v) is 39.9. The van der Waals surface area contributed by atoms with Crippen LogP contribution in [0.1, 0.15) is 16.9 Å². The molecule has 4 heteroatoms. The van der Waals surface area contributed by atoms with Crippen LogP contribution in [0.5, 0.6) is 0 Å². The highest BCUT2D eigenvalue weighted by Gasteiger charge is 2.21. The largest absolute Gasteiger partial charge is 0.310 e. The Bertz CT molecular complexity index is 4180. The summed E-state index contributed by atoms with van der Waals surface area (Å²) in [6, 6.07) is 85.3. The number of nitrogens with zero attached hydrogens (tertiary/aromatic N) is 2. The van der Waals surface area contributed by atoms with Crippen molar-refractivity contribution in [2.24, 2.45) is 0 Å². The van der Waals surface area contributed by atoms with Gasteiger partial charge in [0.2, 0.25) is 0 Å². The fourth-order valence-electron chi connectivity index (χ4n) is 11.0. The van der Waals surface area contributed by atoms with Crippen molar-refractivity contribution in [1.82, 2.24) is 0 Å². The van der Waals surface area contributed by atoms with E-state index >= 15 is 0 Å². The van der Waals surface area contributed by atoms with Gasteiger partial charge in [0.1, 0.15) is 0 Å². The van der Waals surface area contributed by atoms with Crippen molar-refractivity contribution in [3.8, 4) is 22.3 Å². The van der Waals surface area contributed by atoms with Crippen molar-refractivity contribution in [3.05, 3.63) is 247 Å².